The summed E-state index contributed by atoms with van der Waals surface area (Å²) in [5.41, 5.74) is -0.262. The Morgan fingerprint density at radius 3 is 2.42 bits per heavy atom. The highest BCUT2D eigenvalue weighted by Gasteiger charge is 2.42. The Hall–Kier alpha value is -1.06. The van der Waals surface area contributed by atoms with E-state index in [0.29, 0.717) is 6.54 Å². The van der Waals surface area contributed by atoms with Gasteiger partial charge in [-0.15, -0.1) is 0 Å². The van der Waals surface area contributed by atoms with E-state index in [4.69, 9.17) is 4.74 Å². The molecular formula is C15H25NO3. The van der Waals surface area contributed by atoms with E-state index >= 15 is 0 Å². The lowest BCUT2D eigenvalue weighted by Gasteiger charge is -2.41. The summed E-state index contributed by atoms with van der Waals surface area (Å²) in [7, 11) is 1.40. The molecule has 2 rings (SSSR count). The lowest BCUT2D eigenvalue weighted by molar-refractivity contribution is -0.159. The Morgan fingerprint density at radius 2 is 1.79 bits per heavy atom. The Labute approximate surface area is 115 Å². The Bertz CT molecular complexity index is 347. The van der Waals surface area contributed by atoms with Crippen LogP contribution in [0.4, 0.5) is 0 Å². The Balaban J connectivity index is 2.12. The number of amides is 1. The molecule has 2 aliphatic rings. The van der Waals surface area contributed by atoms with E-state index in [1.54, 1.807) is 4.90 Å². The van der Waals surface area contributed by atoms with Crippen LogP contribution in [0.1, 0.15) is 58.3 Å². The van der Waals surface area contributed by atoms with Crippen LogP contribution in [-0.2, 0) is 14.3 Å². The van der Waals surface area contributed by atoms with Crippen molar-refractivity contribution in [2.75, 3.05) is 13.7 Å². The third kappa shape index (κ3) is 2.93. The first-order valence-corrected chi connectivity index (χ1v) is 7.47. The number of piperidine rings is 1. The molecule has 0 radical (unpaired) electrons. The van der Waals surface area contributed by atoms with Gasteiger partial charge in [0.15, 0.2) is 0 Å². The van der Waals surface area contributed by atoms with E-state index in [1.165, 1.54) is 13.5 Å². The molecule has 4 heteroatoms. The number of carbonyl (C=O) groups excluding carboxylic acids is 2. The van der Waals surface area contributed by atoms with Crippen molar-refractivity contribution in [3.8, 4) is 0 Å². The predicted molar refractivity (Wildman–Crippen MR) is 72.6 cm³/mol. The van der Waals surface area contributed by atoms with Gasteiger partial charge in [-0.1, -0.05) is 26.2 Å². The number of ether oxygens (including phenoxy) is 1. The molecule has 4 nitrogen and oxygen atoms in total. The number of hydrogen-bond donors (Lipinski definition) is 0. The zero-order valence-electron chi connectivity index (χ0n) is 12.1. The zero-order chi connectivity index (χ0) is 13.9. The minimum atomic E-state index is -0.356. The Morgan fingerprint density at radius 1 is 1.11 bits per heavy atom. The van der Waals surface area contributed by atoms with Crippen molar-refractivity contribution in [2.45, 2.75) is 64.3 Å². The fourth-order valence-electron chi connectivity index (χ4n) is 3.45. The van der Waals surface area contributed by atoms with Crippen LogP contribution in [0, 0.1) is 5.41 Å². The maximum Gasteiger partial charge on any atom is 0.328 e. The summed E-state index contributed by atoms with van der Waals surface area (Å²) in [5.74, 6) is -0.0882. The molecule has 0 spiro atoms. The van der Waals surface area contributed by atoms with Crippen LogP contribution in [0.25, 0.3) is 0 Å². The van der Waals surface area contributed by atoms with Crippen LogP contribution >= 0.6 is 0 Å². The van der Waals surface area contributed by atoms with Crippen LogP contribution in [0.3, 0.4) is 0 Å². The third-order valence-electron chi connectivity index (χ3n) is 4.71. The lowest BCUT2D eigenvalue weighted by Crippen LogP contribution is -2.53. The second kappa shape index (κ2) is 5.93. The zero-order valence-corrected chi connectivity index (χ0v) is 12.1. The molecule has 1 aliphatic carbocycles. The molecule has 0 N–H and O–H groups in total. The maximum atomic E-state index is 12.8. The van der Waals surface area contributed by atoms with Gasteiger partial charge in [-0.3, -0.25) is 4.79 Å². The molecule has 0 unspecified atom stereocenters. The SMILES string of the molecule is COC(=O)[C@H]1CCCCN1C(=O)C1(C)CCCCC1. The van der Waals surface area contributed by atoms with Gasteiger partial charge in [0.1, 0.15) is 6.04 Å². The monoisotopic (exact) mass is 267 g/mol. The van der Waals surface area contributed by atoms with Gasteiger partial charge in [0, 0.05) is 12.0 Å². The van der Waals surface area contributed by atoms with Gasteiger partial charge in [-0.2, -0.15) is 0 Å². The van der Waals surface area contributed by atoms with Crippen LogP contribution < -0.4 is 0 Å². The lowest BCUT2D eigenvalue weighted by atomic mass is 9.74. The first kappa shape index (κ1) is 14.4. The standard InChI is InChI=1S/C15H25NO3/c1-15(9-5-3-6-10-15)14(18)16-11-7-4-8-12(16)13(17)19-2/h12H,3-11H2,1-2H3/t12-/m1/s1. The average molecular weight is 267 g/mol. The molecule has 108 valence electrons. The second-order valence-corrected chi connectivity index (χ2v) is 6.15. The molecule has 1 atom stereocenters. The van der Waals surface area contributed by atoms with Gasteiger partial charge in [0.25, 0.3) is 0 Å². The maximum absolute atomic E-state index is 12.8. The average Bonchev–Trinajstić information content (AvgIpc) is 2.46. The summed E-state index contributed by atoms with van der Waals surface area (Å²) >= 11 is 0. The first-order chi connectivity index (χ1) is 9.08. The topological polar surface area (TPSA) is 46.6 Å². The van der Waals surface area contributed by atoms with E-state index in [0.717, 1.165) is 44.9 Å². The van der Waals surface area contributed by atoms with E-state index in [-0.39, 0.29) is 23.3 Å². The van der Waals surface area contributed by atoms with Gasteiger partial charge in [0.2, 0.25) is 5.91 Å². The quantitative estimate of drug-likeness (QED) is 0.722. The molecule has 19 heavy (non-hydrogen) atoms. The number of likely N-dealkylation sites (tertiary alicyclic amines) is 1. The van der Waals surface area contributed by atoms with Crippen LogP contribution in [-0.4, -0.2) is 36.5 Å². The van der Waals surface area contributed by atoms with Crippen molar-refractivity contribution in [3.63, 3.8) is 0 Å². The molecule has 1 saturated carbocycles. The molecule has 0 bridgehead atoms. The van der Waals surface area contributed by atoms with Crippen molar-refractivity contribution in [2.24, 2.45) is 5.41 Å². The highest BCUT2D eigenvalue weighted by Crippen LogP contribution is 2.38. The van der Waals surface area contributed by atoms with Crippen LogP contribution in [0.2, 0.25) is 0 Å². The van der Waals surface area contributed by atoms with Gasteiger partial charge in [-0.25, -0.2) is 4.79 Å². The fraction of sp³-hybridized carbons (Fsp3) is 0.867. The molecule has 1 saturated heterocycles. The summed E-state index contributed by atoms with van der Waals surface area (Å²) in [5, 5.41) is 0. The number of hydrogen-bond acceptors (Lipinski definition) is 3. The highest BCUT2D eigenvalue weighted by atomic mass is 16.5. The van der Waals surface area contributed by atoms with Crippen molar-refractivity contribution < 1.29 is 14.3 Å². The molecule has 1 amide bonds. The molecule has 0 aromatic heterocycles. The predicted octanol–water partition coefficient (Wildman–Crippen LogP) is 2.51. The fourth-order valence-corrected chi connectivity index (χ4v) is 3.45. The van der Waals surface area contributed by atoms with Crippen LogP contribution in [0.15, 0.2) is 0 Å². The summed E-state index contributed by atoms with van der Waals surface area (Å²) in [6.45, 7) is 2.77. The minimum Gasteiger partial charge on any atom is -0.467 e. The molecule has 0 aromatic carbocycles. The van der Waals surface area contributed by atoms with Gasteiger partial charge in [-0.05, 0) is 32.1 Å². The molecular weight excluding hydrogens is 242 g/mol. The van der Waals surface area contributed by atoms with Crippen molar-refractivity contribution in [1.82, 2.24) is 4.90 Å². The molecule has 1 heterocycles. The second-order valence-electron chi connectivity index (χ2n) is 6.15. The third-order valence-corrected chi connectivity index (χ3v) is 4.71. The molecule has 0 aromatic rings. The minimum absolute atomic E-state index is 0.169. The molecule has 1 aliphatic heterocycles. The largest absolute Gasteiger partial charge is 0.467 e. The summed E-state index contributed by atoms with van der Waals surface area (Å²) in [6.07, 6.45) is 8.12. The van der Waals surface area contributed by atoms with Crippen molar-refractivity contribution in [3.05, 3.63) is 0 Å². The van der Waals surface area contributed by atoms with E-state index in [2.05, 4.69) is 6.92 Å². The number of esters is 1. The van der Waals surface area contributed by atoms with E-state index in [1.807, 2.05) is 0 Å². The number of carbonyl (C=O) groups is 2. The normalized spacial score (nSPS) is 26.8. The van der Waals surface area contributed by atoms with Crippen molar-refractivity contribution >= 4 is 11.9 Å². The van der Waals surface area contributed by atoms with E-state index in [9.17, 15) is 9.59 Å². The molecule has 2 fully saturated rings. The van der Waals surface area contributed by atoms with E-state index < -0.39 is 0 Å². The number of nitrogens with zero attached hydrogens (tertiary/aromatic N) is 1. The Kier molecular flexibility index (Phi) is 4.48. The highest BCUT2D eigenvalue weighted by molar-refractivity contribution is 5.88. The first-order valence-electron chi connectivity index (χ1n) is 7.47. The summed E-state index contributed by atoms with van der Waals surface area (Å²) in [4.78, 5) is 26.5. The summed E-state index contributed by atoms with van der Waals surface area (Å²) < 4.78 is 4.86. The van der Waals surface area contributed by atoms with Crippen molar-refractivity contribution in [1.29, 1.82) is 0 Å². The summed E-state index contributed by atoms with van der Waals surface area (Å²) in [6, 6.07) is -0.356. The smallest absolute Gasteiger partial charge is 0.328 e. The van der Waals surface area contributed by atoms with Crippen LogP contribution in [0.5, 0.6) is 0 Å². The van der Waals surface area contributed by atoms with Gasteiger partial charge in [0.05, 0.1) is 7.11 Å². The van der Waals surface area contributed by atoms with Gasteiger partial charge < -0.3 is 9.64 Å². The van der Waals surface area contributed by atoms with Gasteiger partial charge >= 0.3 is 5.97 Å². The number of rotatable bonds is 2. The number of methoxy groups -OCH3 is 1.